The second kappa shape index (κ2) is 6.75. The zero-order valence-electron chi connectivity index (χ0n) is 14.4. The number of amides is 1. The maximum Gasteiger partial charge on any atom is 0.223 e. The smallest absolute Gasteiger partial charge is 0.223 e. The maximum absolute atomic E-state index is 13.2. The fourth-order valence-electron chi connectivity index (χ4n) is 3.62. The van der Waals surface area contributed by atoms with Gasteiger partial charge in [0.1, 0.15) is 11.6 Å². The summed E-state index contributed by atoms with van der Waals surface area (Å²) in [6, 6.07) is 14.5. The third-order valence-corrected chi connectivity index (χ3v) is 4.87. The van der Waals surface area contributed by atoms with E-state index in [0.29, 0.717) is 26.1 Å². The largest absolute Gasteiger partial charge is 0.338 e. The van der Waals surface area contributed by atoms with Crippen LogP contribution in [0.3, 0.4) is 0 Å². The molecule has 1 fully saturated rings. The first-order valence-electron chi connectivity index (χ1n) is 8.74. The first kappa shape index (κ1) is 16.5. The van der Waals surface area contributed by atoms with Gasteiger partial charge in [0.15, 0.2) is 0 Å². The van der Waals surface area contributed by atoms with E-state index in [-0.39, 0.29) is 17.6 Å². The van der Waals surface area contributed by atoms with Gasteiger partial charge in [0.05, 0.1) is 11.0 Å². The molecule has 0 unspecified atom stereocenters. The van der Waals surface area contributed by atoms with Crippen LogP contribution in [0.5, 0.6) is 0 Å². The number of benzene rings is 2. The van der Waals surface area contributed by atoms with Crippen molar-refractivity contribution in [3.8, 4) is 0 Å². The van der Waals surface area contributed by atoms with Crippen LogP contribution in [0.2, 0.25) is 0 Å². The minimum Gasteiger partial charge on any atom is -0.338 e. The number of nitrogens with zero attached hydrogens (tertiary/aromatic N) is 3. The number of fused-ring (bicyclic) bond motifs is 1. The molecule has 1 aromatic heterocycles. The summed E-state index contributed by atoms with van der Waals surface area (Å²) in [6.07, 6.45) is 2.21. The molecule has 0 spiro atoms. The number of carbonyl (C=O) groups excluding carboxylic acids is 1. The summed E-state index contributed by atoms with van der Waals surface area (Å²) in [5, 5.41) is 0. The SMILES string of the molecule is C=CCN1C[C@@H](c2nc3ccccc3n2Cc2ccc(F)cc2)CC1=O. The van der Waals surface area contributed by atoms with Crippen molar-refractivity contribution in [3.63, 3.8) is 0 Å². The normalized spacial score (nSPS) is 17.2. The van der Waals surface area contributed by atoms with Gasteiger partial charge in [-0.3, -0.25) is 4.79 Å². The van der Waals surface area contributed by atoms with Gasteiger partial charge < -0.3 is 9.47 Å². The molecule has 2 heterocycles. The molecule has 5 heteroatoms. The molecular weight excluding hydrogens is 329 g/mol. The first-order chi connectivity index (χ1) is 12.7. The third-order valence-electron chi connectivity index (χ3n) is 4.87. The second-order valence-corrected chi connectivity index (χ2v) is 6.66. The Kier molecular flexibility index (Phi) is 4.29. The quantitative estimate of drug-likeness (QED) is 0.659. The van der Waals surface area contributed by atoms with Gasteiger partial charge in [-0.15, -0.1) is 6.58 Å². The molecule has 0 N–H and O–H groups in total. The average molecular weight is 349 g/mol. The maximum atomic E-state index is 13.2. The molecule has 1 amide bonds. The van der Waals surface area contributed by atoms with Crippen LogP contribution in [0.1, 0.15) is 23.7 Å². The molecule has 1 saturated heterocycles. The lowest BCUT2D eigenvalue weighted by Gasteiger charge is -2.15. The Labute approximate surface area is 151 Å². The summed E-state index contributed by atoms with van der Waals surface area (Å²) < 4.78 is 15.4. The van der Waals surface area contributed by atoms with E-state index in [1.165, 1.54) is 12.1 Å². The molecule has 2 aromatic carbocycles. The Morgan fingerprint density at radius 1 is 1.19 bits per heavy atom. The van der Waals surface area contributed by atoms with Gasteiger partial charge in [-0.2, -0.15) is 0 Å². The molecule has 1 aliphatic heterocycles. The van der Waals surface area contributed by atoms with Crippen LogP contribution in [-0.2, 0) is 11.3 Å². The minimum atomic E-state index is -0.245. The van der Waals surface area contributed by atoms with Gasteiger partial charge >= 0.3 is 0 Å². The lowest BCUT2D eigenvalue weighted by atomic mass is 10.1. The van der Waals surface area contributed by atoms with Crippen molar-refractivity contribution >= 4 is 16.9 Å². The van der Waals surface area contributed by atoms with E-state index in [1.807, 2.05) is 29.2 Å². The van der Waals surface area contributed by atoms with E-state index >= 15 is 0 Å². The van der Waals surface area contributed by atoms with Crippen LogP contribution >= 0.6 is 0 Å². The lowest BCUT2D eigenvalue weighted by Crippen LogP contribution is -2.25. The third kappa shape index (κ3) is 3.01. The molecule has 0 saturated carbocycles. The van der Waals surface area contributed by atoms with Gasteiger partial charge in [-0.1, -0.05) is 30.3 Å². The van der Waals surface area contributed by atoms with E-state index in [2.05, 4.69) is 11.1 Å². The van der Waals surface area contributed by atoms with Crippen molar-refractivity contribution in [2.75, 3.05) is 13.1 Å². The lowest BCUT2D eigenvalue weighted by molar-refractivity contribution is -0.127. The molecule has 0 radical (unpaired) electrons. The molecule has 4 rings (SSSR count). The zero-order valence-corrected chi connectivity index (χ0v) is 14.4. The van der Waals surface area contributed by atoms with Gasteiger partial charge in [-0.05, 0) is 29.8 Å². The number of rotatable bonds is 5. The molecule has 0 bridgehead atoms. The predicted molar refractivity (Wildman–Crippen MR) is 99.4 cm³/mol. The summed E-state index contributed by atoms with van der Waals surface area (Å²) >= 11 is 0. The summed E-state index contributed by atoms with van der Waals surface area (Å²) in [7, 11) is 0. The molecule has 132 valence electrons. The predicted octanol–water partition coefficient (Wildman–Crippen LogP) is 3.73. The minimum absolute atomic E-state index is 0.0512. The number of likely N-dealkylation sites (tertiary alicyclic amines) is 1. The average Bonchev–Trinajstić information content (AvgIpc) is 3.18. The molecule has 1 atom stereocenters. The van der Waals surface area contributed by atoms with E-state index in [4.69, 9.17) is 4.98 Å². The van der Waals surface area contributed by atoms with Crippen LogP contribution in [0, 0.1) is 5.82 Å². The van der Waals surface area contributed by atoms with Gasteiger partial charge in [0, 0.05) is 32.0 Å². The topological polar surface area (TPSA) is 38.1 Å². The fourth-order valence-corrected chi connectivity index (χ4v) is 3.62. The Morgan fingerprint density at radius 2 is 1.96 bits per heavy atom. The van der Waals surface area contributed by atoms with Crippen molar-refractivity contribution in [3.05, 3.63) is 78.4 Å². The highest BCUT2D eigenvalue weighted by atomic mass is 19.1. The molecule has 1 aliphatic rings. The highest BCUT2D eigenvalue weighted by Gasteiger charge is 2.33. The van der Waals surface area contributed by atoms with Crippen LogP contribution in [0.4, 0.5) is 4.39 Å². The standard InChI is InChI=1S/C21H20FN3O/c1-2-11-24-14-16(12-20(24)26)21-23-18-5-3-4-6-19(18)25(21)13-15-7-9-17(22)10-8-15/h2-10,16H,1,11-14H2/t16-/m0/s1. The summed E-state index contributed by atoms with van der Waals surface area (Å²) in [5.41, 5.74) is 2.95. The van der Waals surface area contributed by atoms with Gasteiger partial charge in [-0.25, -0.2) is 9.37 Å². The number of carbonyl (C=O) groups is 1. The summed E-state index contributed by atoms with van der Waals surface area (Å²) in [6.45, 7) is 5.54. The number of halogens is 1. The Bertz CT molecular complexity index is 961. The van der Waals surface area contributed by atoms with Crippen LogP contribution in [0.25, 0.3) is 11.0 Å². The monoisotopic (exact) mass is 349 g/mol. The number of para-hydroxylation sites is 2. The van der Waals surface area contributed by atoms with Crippen molar-refractivity contribution in [2.45, 2.75) is 18.9 Å². The van der Waals surface area contributed by atoms with E-state index in [0.717, 1.165) is 22.4 Å². The number of imidazole rings is 1. The molecule has 0 aliphatic carbocycles. The molecule has 26 heavy (non-hydrogen) atoms. The van der Waals surface area contributed by atoms with E-state index < -0.39 is 0 Å². The Hall–Kier alpha value is -2.95. The van der Waals surface area contributed by atoms with Crippen LogP contribution in [-0.4, -0.2) is 33.4 Å². The Morgan fingerprint density at radius 3 is 2.73 bits per heavy atom. The van der Waals surface area contributed by atoms with E-state index in [9.17, 15) is 9.18 Å². The van der Waals surface area contributed by atoms with Gasteiger partial charge in [0.25, 0.3) is 0 Å². The van der Waals surface area contributed by atoms with Crippen LogP contribution in [0.15, 0.2) is 61.2 Å². The number of hydrogen-bond donors (Lipinski definition) is 0. The fraction of sp³-hybridized carbons (Fsp3) is 0.238. The Balaban J connectivity index is 1.73. The molecule has 4 nitrogen and oxygen atoms in total. The zero-order chi connectivity index (χ0) is 18.1. The van der Waals surface area contributed by atoms with Crippen LogP contribution < -0.4 is 0 Å². The van der Waals surface area contributed by atoms with Crippen molar-refractivity contribution in [1.82, 2.24) is 14.5 Å². The van der Waals surface area contributed by atoms with Crippen molar-refractivity contribution < 1.29 is 9.18 Å². The van der Waals surface area contributed by atoms with Gasteiger partial charge in [0.2, 0.25) is 5.91 Å². The second-order valence-electron chi connectivity index (χ2n) is 6.66. The summed E-state index contributed by atoms with van der Waals surface area (Å²) in [4.78, 5) is 18.9. The highest BCUT2D eigenvalue weighted by Crippen LogP contribution is 2.30. The molecule has 3 aromatic rings. The van der Waals surface area contributed by atoms with Crippen molar-refractivity contribution in [1.29, 1.82) is 0 Å². The summed E-state index contributed by atoms with van der Waals surface area (Å²) in [5.74, 6) is 0.854. The van der Waals surface area contributed by atoms with Crippen molar-refractivity contribution in [2.24, 2.45) is 0 Å². The first-order valence-corrected chi connectivity index (χ1v) is 8.74. The van der Waals surface area contributed by atoms with E-state index in [1.54, 1.807) is 18.2 Å². The highest BCUT2D eigenvalue weighted by molar-refractivity contribution is 5.81. The number of aromatic nitrogens is 2. The molecular formula is C21H20FN3O. The number of hydrogen-bond acceptors (Lipinski definition) is 2.